The topological polar surface area (TPSA) is 318 Å². The van der Waals surface area contributed by atoms with Crippen molar-refractivity contribution in [2.24, 2.45) is 21.6 Å². The average molecular weight is 1480 g/mol. The van der Waals surface area contributed by atoms with Crippen molar-refractivity contribution in [3.8, 4) is 40.6 Å². The van der Waals surface area contributed by atoms with Gasteiger partial charge in [0.05, 0.1) is 141 Å². The molecule has 8 aromatic rings. The fourth-order valence-electron chi connectivity index (χ4n) is 14.4. The van der Waals surface area contributed by atoms with Gasteiger partial charge in [0, 0.05) is 131 Å². The second kappa shape index (κ2) is 37.0. The highest BCUT2D eigenvalue weighted by Crippen LogP contribution is 2.44. The summed E-state index contributed by atoms with van der Waals surface area (Å²) in [5.41, 5.74) is 10.9. The number of carboxylic acids is 1. The molecule has 2 saturated carbocycles. The van der Waals surface area contributed by atoms with Crippen LogP contribution < -0.4 is 49.3 Å². The zero-order valence-corrected chi connectivity index (χ0v) is 62.6. The number of aliphatic carboxylic acids is 1. The Morgan fingerprint density at radius 2 is 1.21 bits per heavy atom. The van der Waals surface area contributed by atoms with Crippen molar-refractivity contribution in [1.29, 1.82) is 5.26 Å². The maximum Gasteiger partial charge on any atom is 0.300 e. The van der Waals surface area contributed by atoms with Crippen LogP contribution in [-0.4, -0.2) is 174 Å². The number of methoxy groups -OCH3 is 6. The number of nitrogens with one attached hydrogen (secondary N) is 1. The molecule has 107 heavy (non-hydrogen) atoms. The second-order valence-electron chi connectivity index (χ2n) is 26.8. The minimum Gasteiger partial charge on any atom is -0.497 e. The molecule has 4 N–H and O–H groups in total. The summed E-state index contributed by atoms with van der Waals surface area (Å²) in [5.74, 6) is 1.57. The monoisotopic (exact) mass is 1480 g/mol. The van der Waals surface area contributed by atoms with Crippen molar-refractivity contribution < 1.29 is 72.2 Å². The number of carbonyl (C=O) groups is 2. The summed E-state index contributed by atoms with van der Waals surface area (Å²) >= 11 is 0. The summed E-state index contributed by atoms with van der Waals surface area (Å²) in [7, 11) is 9.15. The van der Waals surface area contributed by atoms with Crippen LogP contribution in [0, 0.1) is 28.9 Å². The van der Waals surface area contributed by atoms with E-state index in [0.29, 0.717) is 115 Å². The molecule has 6 fully saturated rings. The maximum atomic E-state index is 15.0. The van der Waals surface area contributed by atoms with Crippen molar-refractivity contribution in [3.05, 3.63) is 120 Å². The van der Waals surface area contributed by atoms with Gasteiger partial charge in [-0.2, -0.15) is 25.0 Å². The second-order valence-corrected chi connectivity index (χ2v) is 26.8. The Balaban J connectivity index is 0.000000181. The highest BCUT2D eigenvalue weighted by molar-refractivity contribution is 5.93. The first-order valence-electron chi connectivity index (χ1n) is 36.8. The van der Waals surface area contributed by atoms with Crippen LogP contribution in [0.1, 0.15) is 154 Å². The zero-order valence-electron chi connectivity index (χ0n) is 63.6. The van der Waals surface area contributed by atoms with Crippen LogP contribution in [-0.2, 0) is 41.6 Å². The van der Waals surface area contributed by atoms with E-state index in [4.69, 9.17) is 89.8 Å². The summed E-state index contributed by atoms with van der Waals surface area (Å²) in [6, 6.07) is 22.3. The molecular weight excluding hydrogens is 1380 g/mol. The van der Waals surface area contributed by atoms with Crippen LogP contribution in [0.15, 0.2) is 95.4 Å². The molecule has 14 rings (SSSR count). The lowest BCUT2D eigenvalue weighted by Crippen LogP contribution is -2.45. The van der Waals surface area contributed by atoms with Crippen molar-refractivity contribution in [2.75, 3.05) is 104 Å². The third-order valence-corrected chi connectivity index (χ3v) is 20.3. The molecule has 4 aliphatic heterocycles. The number of nitrogens with zero attached hydrogens (tertiary/aromatic N) is 13. The third kappa shape index (κ3) is 19.2. The van der Waals surface area contributed by atoms with Gasteiger partial charge in [0.1, 0.15) is 29.1 Å². The number of fused-ring (bicyclic) bond motifs is 3. The van der Waals surface area contributed by atoms with Gasteiger partial charge in [-0.15, -0.1) is 5.10 Å². The smallest absolute Gasteiger partial charge is 0.300 e. The zero-order chi connectivity index (χ0) is 77.1. The molecular formula is C77H99F2N15O13. The number of ketones is 1. The number of hydrogen-bond acceptors (Lipinski definition) is 24. The van der Waals surface area contributed by atoms with Gasteiger partial charge in [0.2, 0.25) is 5.95 Å². The molecule has 4 atom stereocenters. The number of aliphatic imine (C=N–C) groups is 2. The van der Waals surface area contributed by atoms with Crippen LogP contribution in [0.3, 0.4) is 0 Å². The minimum absolute atomic E-state index is 0.00336. The Labute approximate surface area is 623 Å². The summed E-state index contributed by atoms with van der Waals surface area (Å²) in [4.78, 5) is 43.7. The molecule has 574 valence electrons. The molecule has 4 aromatic heterocycles. The molecule has 4 saturated heterocycles. The molecule has 6 aliphatic rings. The van der Waals surface area contributed by atoms with Crippen LogP contribution >= 0.6 is 0 Å². The number of rotatable bonds is 19. The first kappa shape index (κ1) is 78.1. The molecule has 4 unspecified atom stereocenters. The molecule has 8 heterocycles. The van der Waals surface area contributed by atoms with Gasteiger partial charge in [-0.25, -0.2) is 23.7 Å². The Bertz CT molecular complexity index is 4430. The Kier molecular flexibility index (Phi) is 27.0. The van der Waals surface area contributed by atoms with Gasteiger partial charge in [-0.1, -0.05) is 13.8 Å². The number of nitrogens with two attached hydrogens (primary N) is 1. The molecule has 2 aliphatic carbocycles. The Morgan fingerprint density at radius 3 is 1.75 bits per heavy atom. The van der Waals surface area contributed by atoms with Gasteiger partial charge >= 0.3 is 0 Å². The number of benzene rings is 4. The Morgan fingerprint density at radius 1 is 0.701 bits per heavy atom. The number of carboxylic acid groups (broad SMARTS) is 1. The lowest BCUT2D eigenvalue weighted by atomic mass is 9.89. The number of piperidine rings is 2. The summed E-state index contributed by atoms with van der Waals surface area (Å²) in [6.45, 7) is 12.9. The fourth-order valence-corrected chi connectivity index (χ4v) is 14.4. The molecule has 30 heteroatoms. The van der Waals surface area contributed by atoms with Gasteiger partial charge in [0.25, 0.3) is 5.97 Å². The first-order chi connectivity index (χ1) is 52.2. The van der Waals surface area contributed by atoms with Crippen LogP contribution in [0.5, 0.6) is 34.5 Å². The van der Waals surface area contributed by atoms with E-state index in [1.807, 2.05) is 42.7 Å². The van der Waals surface area contributed by atoms with E-state index in [2.05, 4.69) is 71.8 Å². The number of Topliss-reactive ketones (excluding diaryl/α,β-unsaturated/α-hetero) is 1. The molecule has 0 radical (unpaired) electrons. The number of carbonyl (C=O) groups excluding carboxylic acids is 1. The molecule has 0 bridgehead atoms. The quantitative estimate of drug-likeness (QED) is 0.0633. The van der Waals surface area contributed by atoms with E-state index in [9.17, 15) is 9.18 Å². The largest absolute Gasteiger partial charge is 0.497 e. The fraction of sp³-hybridized carbons (Fsp3) is 0.519. The lowest BCUT2D eigenvalue weighted by molar-refractivity contribution is -0.182. The van der Waals surface area contributed by atoms with Crippen molar-refractivity contribution >= 4 is 57.3 Å². The van der Waals surface area contributed by atoms with Gasteiger partial charge in [-0.05, 0) is 102 Å². The lowest BCUT2D eigenvalue weighted by Gasteiger charge is -2.38. The Hall–Kier alpha value is -10.0. The van der Waals surface area contributed by atoms with E-state index < -0.39 is 23.4 Å². The molecule has 0 amide bonds. The number of aromatic nitrogens is 8. The summed E-state index contributed by atoms with van der Waals surface area (Å²) in [6.07, 6.45) is 19.7. The maximum absolute atomic E-state index is 15.0. The highest BCUT2D eigenvalue weighted by Gasteiger charge is 2.43. The van der Waals surface area contributed by atoms with Crippen molar-refractivity contribution in [1.82, 2.24) is 39.1 Å². The third-order valence-electron chi connectivity index (χ3n) is 20.3. The van der Waals surface area contributed by atoms with E-state index in [0.717, 1.165) is 126 Å². The van der Waals surface area contributed by atoms with Gasteiger partial charge < -0.3 is 73.3 Å². The van der Waals surface area contributed by atoms with E-state index in [1.54, 1.807) is 58.1 Å². The van der Waals surface area contributed by atoms with E-state index >= 15 is 4.39 Å². The summed E-state index contributed by atoms with van der Waals surface area (Å²) in [5, 5.41) is 34.9. The van der Waals surface area contributed by atoms with Crippen molar-refractivity contribution in [3.63, 3.8) is 0 Å². The predicted octanol–water partition coefficient (Wildman–Crippen LogP) is 12.6. The van der Waals surface area contributed by atoms with Crippen LogP contribution in [0.25, 0.3) is 16.6 Å². The van der Waals surface area contributed by atoms with Crippen molar-refractivity contribution in [2.45, 2.75) is 166 Å². The minimum atomic E-state index is -0.833. The SMILES string of the molecule is CC(=O)O.CC1CCC(C(=O)CN)CN1c1cnn(C2CCC3(CC2)OCCO3)c1.COc1ccc(CN=C=Nc2cc(OC)c(F)cc2C#N)c(OC)c1.COc1ccc(CNc2nc3cc(OC)c(F)cc3c3nc(C4CCC(C)N(c5cnn(C6CCC7(CC6)OCCO7)c5)C4)nn23)c(OC)c1.[2H]CC. The van der Waals surface area contributed by atoms with E-state index in [-0.39, 0.29) is 59.2 Å². The van der Waals surface area contributed by atoms with Crippen LogP contribution in [0.4, 0.5) is 31.8 Å². The van der Waals surface area contributed by atoms with Crippen LogP contribution in [0.2, 0.25) is 0 Å². The van der Waals surface area contributed by atoms with E-state index in [1.165, 1.54) is 26.4 Å². The number of nitriles is 1. The highest BCUT2D eigenvalue weighted by atomic mass is 19.1. The molecule has 28 nitrogen and oxygen atoms in total. The first-order valence-corrected chi connectivity index (χ1v) is 36.1. The van der Waals surface area contributed by atoms with Gasteiger partial charge in [0.15, 0.2) is 52.0 Å². The number of ether oxygens (including phenoxy) is 10. The predicted molar refractivity (Wildman–Crippen MR) is 398 cm³/mol. The number of halogens is 2. The average Bonchev–Trinajstić information content (AvgIpc) is 1.55. The normalized spacial score (nSPS) is 20.1. The molecule has 4 aromatic carbocycles. The number of hydrogen-bond donors (Lipinski definition) is 3. The number of anilines is 3. The summed E-state index contributed by atoms with van der Waals surface area (Å²) < 4.78 is 95.8. The molecule has 2 spiro atoms. The standard InChI is InChI=1S/C36H43FN8O5.C19H30N4O3.C18H16FN3O3.C2H4O2.C2H6/c1-22-5-6-24(20-43(22)26-19-39-44(21-26)25-9-11-36(12-10-25)49-13-14-50-36)33-41-34-28-16-29(37)32(48-4)17-30(28)40-35(45(34)42-33)38-18-23-7-8-27(46-2)15-31(23)47-3;1-14-2-3-15(18(24)10-20)12-22(14)17-11-21-23(13-17)16-4-6-19(7-5-16)25-8-9-26-19;1-23-14-5-4-12(17(7-14)24-2)10-21-11-22-16-8-18(25-3)15(19)6-13(16)9-20;1-2(3)4;1-2/h7-8,15-17,19,21-22,24-25H,5-6,9-14,18,20H2,1-4H3,(H,38,40);11,13-16H,2-10,12,20H2,1H3;4-8H,10H2,1-3H3;1H3,(H,3,4);1-2H3/i;;;;1D. The van der Waals surface area contributed by atoms with Gasteiger partial charge in [-0.3, -0.25) is 19.0 Å².